The molecule has 1 aromatic heterocycles. The zero-order valence-electron chi connectivity index (χ0n) is 13.0. The van der Waals surface area contributed by atoms with Gasteiger partial charge in [-0.25, -0.2) is 4.79 Å². The third-order valence-electron chi connectivity index (χ3n) is 3.62. The molecule has 0 spiro atoms. The van der Waals surface area contributed by atoms with Crippen molar-refractivity contribution in [1.82, 2.24) is 4.90 Å². The lowest BCUT2D eigenvalue weighted by Gasteiger charge is -2.25. The fraction of sp³-hybridized carbons (Fsp3) is 0.533. The van der Waals surface area contributed by atoms with Crippen LogP contribution < -0.4 is 5.32 Å². The first-order valence-corrected chi connectivity index (χ1v) is 8.07. The molecule has 0 fully saturated rings. The molecule has 2 amide bonds. The first-order chi connectivity index (χ1) is 10.5. The van der Waals surface area contributed by atoms with Crippen LogP contribution in [0.3, 0.4) is 0 Å². The van der Waals surface area contributed by atoms with Crippen molar-refractivity contribution in [2.45, 2.75) is 39.7 Å². The second-order valence-electron chi connectivity index (χ2n) is 5.19. The normalized spacial score (nSPS) is 13.5. The summed E-state index contributed by atoms with van der Waals surface area (Å²) in [4.78, 5) is 38.1. The van der Waals surface area contributed by atoms with Crippen LogP contribution in [-0.4, -0.2) is 36.3 Å². The molecule has 0 bridgehead atoms. The molecule has 0 radical (unpaired) electrons. The molecule has 22 heavy (non-hydrogen) atoms. The van der Waals surface area contributed by atoms with E-state index in [0.717, 1.165) is 16.9 Å². The first kappa shape index (κ1) is 16.5. The molecule has 0 aromatic carbocycles. The maximum Gasteiger partial charge on any atom is 0.341 e. The number of nitrogens with zero attached hydrogens (tertiary/aromatic N) is 1. The number of thiophene rings is 1. The van der Waals surface area contributed by atoms with Gasteiger partial charge in [0.1, 0.15) is 5.00 Å². The number of anilines is 1. The van der Waals surface area contributed by atoms with Gasteiger partial charge in [0.25, 0.3) is 0 Å². The molecule has 0 saturated heterocycles. The lowest BCUT2D eigenvalue weighted by molar-refractivity contribution is -0.129. The molecule has 2 heterocycles. The summed E-state index contributed by atoms with van der Waals surface area (Å²) in [5.41, 5.74) is 1.33. The highest BCUT2D eigenvalue weighted by Crippen LogP contribution is 2.37. The van der Waals surface area contributed by atoms with Crippen molar-refractivity contribution in [3.63, 3.8) is 0 Å². The standard InChI is InChI=1S/C15H20N2O4S/c1-4-5-12(19)16-14-13(15(20)21-3)10-6-7-17(9(2)18)8-11(10)22-14/h4-8H2,1-3H3,(H,16,19). The van der Waals surface area contributed by atoms with Crippen LogP contribution in [0.4, 0.5) is 5.00 Å². The molecule has 1 N–H and O–H groups in total. The maximum absolute atomic E-state index is 12.1. The topological polar surface area (TPSA) is 75.7 Å². The second kappa shape index (κ2) is 6.91. The van der Waals surface area contributed by atoms with E-state index in [1.807, 2.05) is 6.92 Å². The predicted molar refractivity (Wildman–Crippen MR) is 84.0 cm³/mol. The predicted octanol–water partition coefficient (Wildman–Crippen LogP) is 2.18. The van der Waals surface area contributed by atoms with E-state index >= 15 is 0 Å². The molecule has 0 atom stereocenters. The van der Waals surface area contributed by atoms with E-state index in [0.29, 0.717) is 36.5 Å². The molecule has 1 aliphatic heterocycles. The Hall–Kier alpha value is -1.89. The Kier molecular flexibility index (Phi) is 5.18. The quantitative estimate of drug-likeness (QED) is 0.861. The summed E-state index contributed by atoms with van der Waals surface area (Å²) in [6.45, 7) is 4.50. The van der Waals surface area contributed by atoms with E-state index in [9.17, 15) is 14.4 Å². The summed E-state index contributed by atoms with van der Waals surface area (Å²) in [6.07, 6.45) is 1.74. The number of hydrogen-bond acceptors (Lipinski definition) is 5. The SMILES string of the molecule is CCCC(=O)Nc1sc2c(c1C(=O)OC)CCN(C(C)=O)C2. The third-order valence-corrected chi connectivity index (χ3v) is 4.75. The number of rotatable bonds is 4. The van der Waals surface area contributed by atoms with Gasteiger partial charge in [-0.1, -0.05) is 6.92 Å². The molecule has 7 heteroatoms. The molecular formula is C15H20N2O4S. The van der Waals surface area contributed by atoms with Crippen LogP contribution in [0, 0.1) is 0 Å². The van der Waals surface area contributed by atoms with E-state index in [4.69, 9.17) is 4.74 Å². The average molecular weight is 324 g/mol. The van der Waals surface area contributed by atoms with Gasteiger partial charge in [-0.3, -0.25) is 9.59 Å². The number of hydrogen-bond donors (Lipinski definition) is 1. The molecule has 0 aliphatic carbocycles. The highest BCUT2D eigenvalue weighted by atomic mass is 32.1. The number of amides is 2. The molecule has 1 aliphatic rings. The Bertz CT molecular complexity index is 609. The third kappa shape index (κ3) is 3.30. The lowest BCUT2D eigenvalue weighted by atomic mass is 10.0. The summed E-state index contributed by atoms with van der Waals surface area (Å²) in [5.74, 6) is -0.550. The number of methoxy groups -OCH3 is 1. The van der Waals surface area contributed by atoms with Gasteiger partial charge in [-0.15, -0.1) is 11.3 Å². The van der Waals surface area contributed by atoms with Gasteiger partial charge in [0.2, 0.25) is 11.8 Å². The van der Waals surface area contributed by atoms with Crippen molar-refractivity contribution in [3.8, 4) is 0 Å². The molecule has 1 aromatic rings. The summed E-state index contributed by atoms with van der Waals surface area (Å²) in [7, 11) is 1.33. The molecular weight excluding hydrogens is 304 g/mol. The maximum atomic E-state index is 12.1. The summed E-state index contributed by atoms with van der Waals surface area (Å²) in [5, 5.41) is 3.33. The van der Waals surface area contributed by atoms with Crippen LogP contribution in [-0.2, 0) is 27.3 Å². The fourth-order valence-electron chi connectivity index (χ4n) is 2.49. The van der Waals surface area contributed by atoms with Gasteiger partial charge >= 0.3 is 5.97 Å². The number of carbonyl (C=O) groups is 3. The van der Waals surface area contributed by atoms with E-state index < -0.39 is 5.97 Å². The van der Waals surface area contributed by atoms with Gasteiger partial charge in [0, 0.05) is 24.8 Å². The van der Waals surface area contributed by atoms with Gasteiger partial charge in [-0.2, -0.15) is 0 Å². The zero-order chi connectivity index (χ0) is 16.3. The van der Waals surface area contributed by atoms with Crippen molar-refractivity contribution in [1.29, 1.82) is 0 Å². The molecule has 6 nitrogen and oxygen atoms in total. The summed E-state index contributed by atoms with van der Waals surface area (Å²) < 4.78 is 4.85. The molecule has 0 saturated carbocycles. The Morgan fingerprint density at radius 2 is 2.09 bits per heavy atom. The minimum Gasteiger partial charge on any atom is -0.465 e. The number of nitrogens with one attached hydrogen (secondary N) is 1. The van der Waals surface area contributed by atoms with Crippen LogP contribution in [0.5, 0.6) is 0 Å². The summed E-state index contributed by atoms with van der Waals surface area (Å²) in [6, 6.07) is 0. The van der Waals surface area contributed by atoms with E-state index in [-0.39, 0.29) is 11.8 Å². The minimum absolute atomic E-state index is 0.00948. The van der Waals surface area contributed by atoms with Crippen LogP contribution in [0.2, 0.25) is 0 Å². The minimum atomic E-state index is -0.444. The van der Waals surface area contributed by atoms with Crippen LogP contribution in [0.1, 0.15) is 47.5 Å². The first-order valence-electron chi connectivity index (χ1n) is 7.26. The van der Waals surface area contributed by atoms with Crippen molar-refractivity contribution < 1.29 is 19.1 Å². The highest BCUT2D eigenvalue weighted by Gasteiger charge is 2.29. The second-order valence-corrected chi connectivity index (χ2v) is 6.29. The number of esters is 1. The largest absolute Gasteiger partial charge is 0.465 e. The van der Waals surface area contributed by atoms with Crippen LogP contribution >= 0.6 is 11.3 Å². The van der Waals surface area contributed by atoms with Gasteiger partial charge in [-0.05, 0) is 18.4 Å². The average Bonchev–Trinajstić information content (AvgIpc) is 2.83. The van der Waals surface area contributed by atoms with Crippen molar-refractivity contribution in [3.05, 3.63) is 16.0 Å². The van der Waals surface area contributed by atoms with Crippen molar-refractivity contribution in [2.75, 3.05) is 19.0 Å². The number of ether oxygens (including phenoxy) is 1. The van der Waals surface area contributed by atoms with Gasteiger partial charge in [0.15, 0.2) is 0 Å². The smallest absolute Gasteiger partial charge is 0.341 e. The van der Waals surface area contributed by atoms with E-state index in [1.165, 1.54) is 25.4 Å². The van der Waals surface area contributed by atoms with Gasteiger partial charge < -0.3 is 15.0 Å². The zero-order valence-corrected chi connectivity index (χ0v) is 13.8. The van der Waals surface area contributed by atoms with Gasteiger partial charge in [0.05, 0.1) is 19.2 Å². The molecule has 2 rings (SSSR count). The Morgan fingerprint density at radius 1 is 1.36 bits per heavy atom. The van der Waals surface area contributed by atoms with E-state index in [1.54, 1.807) is 4.90 Å². The Morgan fingerprint density at radius 3 is 2.68 bits per heavy atom. The number of carbonyl (C=O) groups excluding carboxylic acids is 3. The summed E-state index contributed by atoms with van der Waals surface area (Å²) >= 11 is 1.35. The molecule has 0 unspecified atom stereocenters. The lowest BCUT2D eigenvalue weighted by Crippen LogP contribution is -2.33. The highest BCUT2D eigenvalue weighted by molar-refractivity contribution is 7.17. The number of fused-ring (bicyclic) bond motifs is 1. The Labute approximate surface area is 133 Å². The monoisotopic (exact) mass is 324 g/mol. The Balaban J connectivity index is 2.35. The van der Waals surface area contributed by atoms with Crippen LogP contribution in [0.25, 0.3) is 0 Å². The van der Waals surface area contributed by atoms with Crippen molar-refractivity contribution >= 4 is 34.1 Å². The molecule has 120 valence electrons. The van der Waals surface area contributed by atoms with E-state index in [2.05, 4.69) is 5.32 Å². The van der Waals surface area contributed by atoms with Crippen LogP contribution in [0.15, 0.2) is 0 Å². The van der Waals surface area contributed by atoms with Crippen molar-refractivity contribution in [2.24, 2.45) is 0 Å². The fourth-order valence-corrected chi connectivity index (χ4v) is 3.76.